The molecule has 0 aromatic heterocycles. The van der Waals surface area contributed by atoms with Gasteiger partial charge < -0.3 is 10.0 Å². The molecule has 3 heteroatoms. The summed E-state index contributed by atoms with van der Waals surface area (Å²) in [5.41, 5.74) is 3.13. The Morgan fingerprint density at radius 2 is 1.73 bits per heavy atom. The van der Waals surface area contributed by atoms with Gasteiger partial charge in [-0.3, -0.25) is 4.79 Å². The average molecular weight is 295 g/mol. The van der Waals surface area contributed by atoms with Crippen LogP contribution in [0.3, 0.4) is 0 Å². The van der Waals surface area contributed by atoms with Crippen molar-refractivity contribution in [3.05, 3.63) is 71.3 Å². The zero-order valence-electron chi connectivity index (χ0n) is 12.9. The maximum absolute atomic E-state index is 12.2. The van der Waals surface area contributed by atoms with E-state index in [2.05, 4.69) is 0 Å². The smallest absolute Gasteiger partial charge is 0.223 e. The lowest BCUT2D eigenvalue weighted by atomic mass is 9.86. The molecule has 0 aliphatic carbocycles. The third kappa shape index (κ3) is 2.64. The fourth-order valence-corrected chi connectivity index (χ4v) is 3.30. The molecule has 3 rings (SSSR count). The number of aliphatic hydroxyl groups excluding tert-OH is 1. The number of likely N-dealkylation sites (N-methyl/N-ethyl adjacent to an activating group) is 1. The zero-order valence-corrected chi connectivity index (χ0v) is 12.9. The number of carbonyl (C=O) groups is 1. The molecule has 0 spiro atoms. The molecule has 3 nitrogen and oxygen atoms in total. The lowest BCUT2D eigenvalue weighted by Crippen LogP contribution is -2.36. The first kappa shape index (κ1) is 14.8. The second-order valence-corrected chi connectivity index (χ2v) is 6.07. The summed E-state index contributed by atoms with van der Waals surface area (Å²) in [5, 5.41) is 10.8. The van der Waals surface area contributed by atoms with Crippen LogP contribution in [0, 0.1) is 6.92 Å². The van der Waals surface area contributed by atoms with E-state index in [9.17, 15) is 9.90 Å². The van der Waals surface area contributed by atoms with E-state index in [0.717, 1.165) is 16.7 Å². The van der Waals surface area contributed by atoms with Crippen LogP contribution in [0.5, 0.6) is 0 Å². The molecule has 3 atom stereocenters. The van der Waals surface area contributed by atoms with Gasteiger partial charge in [0.15, 0.2) is 0 Å². The standard InChI is InChI=1S/C19H21NO2/c1-13-8-10-15(11-9-13)19(22)18-16(12-17(21)20(18)2)14-6-4-3-5-7-14/h3-11,16,18-19,22H,12H2,1-2H3/t16-,18-,19+/m1/s1. The molecule has 0 unspecified atom stereocenters. The third-order valence-electron chi connectivity index (χ3n) is 4.62. The number of hydrogen-bond acceptors (Lipinski definition) is 2. The van der Waals surface area contributed by atoms with Gasteiger partial charge in [-0.05, 0) is 18.1 Å². The lowest BCUT2D eigenvalue weighted by molar-refractivity contribution is -0.128. The second-order valence-electron chi connectivity index (χ2n) is 6.07. The van der Waals surface area contributed by atoms with E-state index >= 15 is 0 Å². The fourth-order valence-electron chi connectivity index (χ4n) is 3.30. The van der Waals surface area contributed by atoms with Gasteiger partial charge in [-0.2, -0.15) is 0 Å². The van der Waals surface area contributed by atoms with E-state index < -0.39 is 6.10 Å². The summed E-state index contributed by atoms with van der Waals surface area (Å²) in [7, 11) is 1.79. The number of amides is 1. The molecule has 1 fully saturated rings. The van der Waals surface area contributed by atoms with Gasteiger partial charge >= 0.3 is 0 Å². The number of hydrogen-bond donors (Lipinski definition) is 1. The summed E-state index contributed by atoms with van der Waals surface area (Å²) in [6.07, 6.45) is -0.226. The highest BCUT2D eigenvalue weighted by molar-refractivity contribution is 5.80. The zero-order chi connectivity index (χ0) is 15.7. The molecule has 1 heterocycles. The summed E-state index contributed by atoms with van der Waals surface area (Å²) in [4.78, 5) is 13.9. The summed E-state index contributed by atoms with van der Waals surface area (Å²) in [6.45, 7) is 2.02. The predicted octanol–water partition coefficient (Wildman–Crippen LogP) is 3.04. The molecule has 0 saturated carbocycles. The normalized spacial score (nSPS) is 22.9. The topological polar surface area (TPSA) is 40.5 Å². The van der Waals surface area contributed by atoms with E-state index in [1.165, 1.54) is 0 Å². The number of nitrogens with zero attached hydrogens (tertiary/aromatic N) is 1. The molecule has 1 N–H and O–H groups in total. The van der Waals surface area contributed by atoms with Crippen LogP contribution in [-0.2, 0) is 4.79 Å². The van der Waals surface area contributed by atoms with E-state index in [0.29, 0.717) is 6.42 Å². The highest BCUT2D eigenvalue weighted by atomic mass is 16.3. The van der Waals surface area contributed by atoms with Crippen molar-refractivity contribution in [1.29, 1.82) is 0 Å². The van der Waals surface area contributed by atoms with Crippen LogP contribution in [-0.4, -0.2) is 29.0 Å². The first-order valence-electron chi connectivity index (χ1n) is 7.63. The van der Waals surface area contributed by atoms with E-state index in [1.54, 1.807) is 11.9 Å². The van der Waals surface area contributed by atoms with Crippen LogP contribution in [0.2, 0.25) is 0 Å². The summed E-state index contributed by atoms with van der Waals surface area (Å²) in [5.74, 6) is 0.111. The van der Waals surface area contributed by atoms with Crippen LogP contribution in [0.15, 0.2) is 54.6 Å². The molecule has 1 aliphatic rings. The van der Waals surface area contributed by atoms with Crippen molar-refractivity contribution in [3.8, 4) is 0 Å². The summed E-state index contributed by atoms with van der Waals surface area (Å²) >= 11 is 0. The Morgan fingerprint density at radius 3 is 2.36 bits per heavy atom. The molecule has 1 saturated heterocycles. The highest BCUT2D eigenvalue weighted by Gasteiger charge is 2.42. The van der Waals surface area contributed by atoms with Crippen LogP contribution >= 0.6 is 0 Å². The molecule has 1 aliphatic heterocycles. The van der Waals surface area contributed by atoms with E-state index in [1.807, 2.05) is 61.5 Å². The van der Waals surface area contributed by atoms with E-state index in [-0.39, 0.29) is 17.9 Å². The molecule has 2 aromatic carbocycles. The maximum Gasteiger partial charge on any atom is 0.223 e. The number of aryl methyl sites for hydroxylation is 1. The molecular formula is C19H21NO2. The van der Waals surface area contributed by atoms with Crippen LogP contribution < -0.4 is 0 Å². The minimum atomic E-state index is -0.678. The number of likely N-dealkylation sites (tertiary alicyclic amines) is 1. The molecule has 22 heavy (non-hydrogen) atoms. The monoisotopic (exact) mass is 295 g/mol. The molecule has 0 radical (unpaired) electrons. The fraction of sp³-hybridized carbons (Fsp3) is 0.316. The van der Waals surface area contributed by atoms with Crippen molar-refractivity contribution < 1.29 is 9.90 Å². The first-order chi connectivity index (χ1) is 10.6. The Kier molecular flexibility index (Phi) is 3.99. The van der Waals surface area contributed by atoms with Crippen LogP contribution in [0.1, 0.15) is 35.1 Å². The Morgan fingerprint density at radius 1 is 1.09 bits per heavy atom. The summed E-state index contributed by atoms with van der Waals surface area (Å²) < 4.78 is 0. The Labute approximate surface area is 131 Å². The van der Waals surface area contributed by atoms with Crippen molar-refractivity contribution in [2.45, 2.75) is 31.4 Å². The third-order valence-corrected chi connectivity index (χ3v) is 4.62. The van der Waals surface area contributed by atoms with Crippen molar-refractivity contribution in [3.63, 3.8) is 0 Å². The van der Waals surface area contributed by atoms with Crippen LogP contribution in [0.25, 0.3) is 0 Å². The molecule has 114 valence electrons. The minimum absolute atomic E-state index is 0.0232. The van der Waals surface area contributed by atoms with Gasteiger partial charge in [0.2, 0.25) is 5.91 Å². The number of benzene rings is 2. The quantitative estimate of drug-likeness (QED) is 0.945. The number of rotatable bonds is 3. The Hall–Kier alpha value is -2.13. The minimum Gasteiger partial charge on any atom is -0.386 e. The highest BCUT2D eigenvalue weighted by Crippen LogP contribution is 2.39. The van der Waals surface area contributed by atoms with Gasteiger partial charge in [-0.1, -0.05) is 60.2 Å². The second kappa shape index (κ2) is 5.93. The molecular weight excluding hydrogens is 274 g/mol. The molecule has 1 amide bonds. The first-order valence-corrected chi connectivity index (χ1v) is 7.63. The lowest BCUT2D eigenvalue weighted by Gasteiger charge is -2.30. The van der Waals surface area contributed by atoms with Crippen molar-refractivity contribution in [1.82, 2.24) is 4.90 Å². The number of carbonyl (C=O) groups excluding carboxylic acids is 1. The maximum atomic E-state index is 12.2. The van der Waals surface area contributed by atoms with Gasteiger partial charge in [0.1, 0.15) is 0 Å². The van der Waals surface area contributed by atoms with Gasteiger partial charge in [-0.15, -0.1) is 0 Å². The Bertz CT molecular complexity index is 651. The largest absolute Gasteiger partial charge is 0.386 e. The predicted molar refractivity (Wildman–Crippen MR) is 86.5 cm³/mol. The van der Waals surface area contributed by atoms with Gasteiger partial charge in [0.25, 0.3) is 0 Å². The average Bonchev–Trinajstić information content (AvgIpc) is 2.84. The summed E-state index contributed by atoms with van der Waals surface area (Å²) in [6, 6.07) is 17.6. The van der Waals surface area contributed by atoms with Crippen LogP contribution in [0.4, 0.5) is 0 Å². The van der Waals surface area contributed by atoms with Crippen molar-refractivity contribution >= 4 is 5.91 Å². The number of aliphatic hydroxyl groups is 1. The SMILES string of the molecule is Cc1ccc([C@H](O)[C@H]2[C@@H](c3ccccc3)CC(=O)N2C)cc1. The van der Waals surface area contributed by atoms with Gasteiger partial charge in [0.05, 0.1) is 12.1 Å². The van der Waals surface area contributed by atoms with Gasteiger partial charge in [0, 0.05) is 19.4 Å². The van der Waals surface area contributed by atoms with E-state index in [4.69, 9.17) is 0 Å². The molecule has 2 aromatic rings. The Balaban J connectivity index is 1.94. The van der Waals surface area contributed by atoms with Crippen molar-refractivity contribution in [2.24, 2.45) is 0 Å². The van der Waals surface area contributed by atoms with Gasteiger partial charge in [-0.25, -0.2) is 0 Å². The molecule has 0 bridgehead atoms. The van der Waals surface area contributed by atoms with Crippen molar-refractivity contribution in [2.75, 3.05) is 7.05 Å².